The number of carbonyl (C=O) groups is 1. The molecule has 82 valence electrons. The van der Waals surface area contributed by atoms with E-state index in [1.54, 1.807) is 12.1 Å². The predicted molar refractivity (Wildman–Crippen MR) is 63.6 cm³/mol. The van der Waals surface area contributed by atoms with Gasteiger partial charge in [-0.1, -0.05) is 43.1 Å². The largest absolute Gasteiger partial charge is 0.358 e. The van der Waals surface area contributed by atoms with Gasteiger partial charge in [-0.05, 0) is 17.7 Å². The zero-order valence-corrected chi connectivity index (χ0v) is 10.2. The van der Waals surface area contributed by atoms with E-state index >= 15 is 0 Å². The molecule has 1 rings (SSSR count). The highest BCUT2D eigenvalue weighted by Crippen LogP contribution is 2.31. The third kappa shape index (κ3) is 3.11. The van der Waals surface area contributed by atoms with Gasteiger partial charge < -0.3 is 5.32 Å². The quantitative estimate of drug-likeness (QED) is 0.813. The minimum Gasteiger partial charge on any atom is -0.358 e. The van der Waals surface area contributed by atoms with Crippen molar-refractivity contribution in [2.75, 3.05) is 6.54 Å². The second-order valence-electron chi connectivity index (χ2n) is 4.01. The van der Waals surface area contributed by atoms with Crippen LogP contribution in [-0.4, -0.2) is 13.0 Å². The van der Waals surface area contributed by atoms with Crippen molar-refractivity contribution in [3.8, 4) is 0 Å². The molecule has 0 atom stereocenters. The Balaban J connectivity index is 2.98. The number of halogens is 2. The predicted octanol–water partition coefficient (Wildman–Crippen LogP) is 3.02. The van der Waals surface area contributed by atoms with E-state index in [0.717, 1.165) is 5.56 Å². The van der Waals surface area contributed by atoms with Crippen LogP contribution >= 0.6 is 23.2 Å². The van der Waals surface area contributed by atoms with Crippen LogP contribution in [0.2, 0.25) is 10.0 Å². The summed E-state index contributed by atoms with van der Waals surface area (Å²) in [6, 6.07) is 5.39. The lowest BCUT2D eigenvalue weighted by molar-refractivity contribution is -0.109. The summed E-state index contributed by atoms with van der Waals surface area (Å²) in [4.78, 5) is 10.3. The van der Waals surface area contributed by atoms with Crippen molar-refractivity contribution in [2.45, 2.75) is 19.3 Å². The summed E-state index contributed by atoms with van der Waals surface area (Å²) < 4.78 is 0. The van der Waals surface area contributed by atoms with E-state index in [-0.39, 0.29) is 5.41 Å². The standard InChI is InChI=1S/C11H13Cl2NO/c1-11(2,6-14-7-15)9-4-3-8(12)5-10(9)13/h3-5,7H,6H2,1-2H3,(H,14,15). The average molecular weight is 246 g/mol. The fraction of sp³-hybridized carbons (Fsp3) is 0.364. The first-order valence-corrected chi connectivity index (χ1v) is 5.35. The molecule has 0 aliphatic heterocycles. The van der Waals surface area contributed by atoms with Crippen LogP contribution in [0.4, 0.5) is 0 Å². The minimum absolute atomic E-state index is 0.206. The average Bonchev–Trinajstić information content (AvgIpc) is 2.14. The molecule has 1 aromatic carbocycles. The molecule has 2 nitrogen and oxygen atoms in total. The second kappa shape index (κ2) is 4.86. The lowest BCUT2D eigenvalue weighted by Gasteiger charge is -2.25. The Bertz CT molecular complexity index is 364. The van der Waals surface area contributed by atoms with E-state index in [0.29, 0.717) is 23.0 Å². The Hall–Kier alpha value is -0.730. The maximum atomic E-state index is 10.3. The summed E-state index contributed by atoms with van der Waals surface area (Å²) in [6.07, 6.45) is 0.686. The van der Waals surface area contributed by atoms with Crippen LogP contribution in [0.15, 0.2) is 18.2 Å². The van der Waals surface area contributed by atoms with Crippen LogP contribution in [0.25, 0.3) is 0 Å². The summed E-state index contributed by atoms with van der Waals surface area (Å²) in [5.74, 6) is 0. The molecule has 0 aromatic heterocycles. The van der Waals surface area contributed by atoms with E-state index < -0.39 is 0 Å². The van der Waals surface area contributed by atoms with E-state index in [9.17, 15) is 4.79 Å². The normalized spacial score (nSPS) is 11.2. The van der Waals surface area contributed by atoms with Crippen LogP contribution in [0.1, 0.15) is 19.4 Å². The zero-order valence-electron chi connectivity index (χ0n) is 8.68. The SMILES string of the molecule is CC(C)(CNC=O)c1ccc(Cl)cc1Cl. The second-order valence-corrected chi connectivity index (χ2v) is 4.85. The Morgan fingerprint density at radius 1 is 1.40 bits per heavy atom. The van der Waals surface area contributed by atoms with Gasteiger partial charge in [-0.2, -0.15) is 0 Å². The fourth-order valence-electron chi connectivity index (χ4n) is 1.43. The lowest BCUT2D eigenvalue weighted by atomic mass is 9.84. The molecule has 4 heteroatoms. The number of carbonyl (C=O) groups excluding carboxylic acids is 1. The smallest absolute Gasteiger partial charge is 0.207 e. The molecular weight excluding hydrogens is 233 g/mol. The molecule has 0 bridgehead atoms. The van der Waals surface area contributed by atoms with Crippen molar-refractivity contribution in [1.82, 2.24) is 5.32 Å². The minimum atomic E-state index is -0.206. The molecule has 0 radical (unpaired) electrons. The van der Waals surface area contributed by atoms with E-state index in [2.05, 4.69) is 5.32 Å². The molecule has 1 N–H and O–H groups in total. The molecule has 0 heterocycles. The fourth-order valence-corrected chi connectivity index (χ4v) is 2.09. The highest BCUT2D eigenvalue weighted by molar-refractivity contribution is 6.35. The van der Waals surface area contributed by atoms with Crippen LogP contribution in [0, 0.1) is 0 Å². The number of hydrogen-bond acceptors (Lipinski definition) is 1. The first-order chi connectivity index (χ1) is 6.97. The van der Waals surface area contributed by atoms with Crippen molar-refractivity contribution in [2.24, 2.45) is 0 Å². The highest BCUT2D eigenvalue weighted by Gasteiger charge is 2.22. The van der Waals surface area contributed by atoms with Crippen LogP contribution in [-0.2, 0) is 10.2 Å². The number of rotatable bonds is 4. The first-order valence-electron chi connectivity index (χ1n) is 4.60. The van der Waals surface area contributed by atoms with E-state index in [4.69, 9.17) is 23.2 Å². The molecule has 0 aliphatic carbocycles. The molecule has 0 fully saturated rings. The van der Waals surface area contributed by atoms with Gasteiger partial charge in [0, 0.05) is 22.0 Å². The molecule has 0 spiro atoms. The highest BCUT2D eigenvalue weighted by atomic mass is 35.5. The van der Waals surface area contributed by atoms with Crippen molar-refractivity contribution >= 4 is 29.6 Å². The Morgan fingerprint density at radius 2 is 2.07 bits per heavy atom. The number of benzene rings is 1. The molecule has 0 saturated carbocycles. The van der Waals surface area contributed by atoms with Crippen molar-refractivity contribution in [3.63, 3.8) is 0 Å². The van der Waals surface area contributed by atoms with Gasteiger partial charge in [-0.15, -0.1) is 0 Å². The van der Waals surface area contributed by atoms with Crippen molar-refractivity contribution < 1.29 is 4.79 Å². The maximum absolute atomic E-state index is 10.3. The van der Waals surface area contributed by atoms with Crippen LogP contribution in [0.3, 0.4) is 0 Å². The summed E-state index contributed by atoms with van der Waals surface area (Å²) in [7, 11) is 0. The van der Waals surface area contributed by atoms with Gasteiger partial charge in [0.25, 0.3) is 0 Å². The van der Waals surface area contributed by atoms with Crippen LogP contribution in [0.5, 0.6) is 0 Å². The van der Waals surface area contributed by atoms with Crippen LogP contribution < -0.4 is 5.32 Å². The molecule has 0 aliphatic rings. The Morgan fingerprint density at radius 3 is 2.60 bits per heavy atom. The summed E-state index contributed by atoms with van der Waals surface area (Å²) >= 11 is 11.9. The monoisotopic (exact) mass is 245 g/mol. The van der Waals surface area contributed by atoms with Gasteiger partial charge in [0.1, 0.15) is 0 Å². The molecule has 0 saturated heterocycles. The van der Waals surface area contributed by atoms with Gasteiger partial charge in [0.2, 0.25) is 6.41 Å². The summed E-state index contributed by atoms with van der Waals surface area (Å²) in [5, 5.41) is 3.90. The van der Waals surface area contributed by atoms with Gasteiger partial charge in [-0.3, -0.25) is 4.79 Å². The Labute approximate surface area is 99.6 Å². The number of amides is 1. The zero-order chi connectivity index (χ0) is 11.5. The van der Waals surface area contributed by atoms with Gasteiger partial charge in [-0.25, -0.2) is 0 Å². The van der Waals surface area contributed by atoms with E-state index in [1.807, 2.05) is 19.9 Å². The maximum Gasteiger partial charge on any atom is 0.207 e. The van der Waals surface area contributed by atoms with Crippen molar-refractivity contribution in [3.05, 3.63) is 33.8 Å². The Kier molecular flexibility index (Phi) is 4.00. The van der Waals surface area contributed by atoms with Crippen molar-refractivity contribution in [1.29, 1.82) is 0 Å². The molecular formula is C11H13Cl2NO. The molecule has 0 unspecified atom stereocenters. The summed E-state index contributed by atoms with van der Waals surface area (Å²) in [6.45, 7) is 4.56. The van der Waals surface area contributed by atoms with Gasteiger partial charge in [0.05, 0.1) is 0 Å². The number of hydrogen-bond donors (Lipinski definition) is 1. The van der Waals surface area contributed by atoms with Gasteiger partial charge in [0.15, 0.2) is 0 Å². The summed E-state index contributed by atoms with van der Waals surface area (Å²) in [5.41, 5.74) is 0.769. The van der Waals surface area contributed by atoms with Gasteiger partial charge >= 0.3 is 0 Å². The lowest BCUT2D eigenvalue weighted by Crippen LogP contribution is -2.32. The molecule has 1 amide bonds. The van der Waals surface area contributed by atoms with E-state index in [1.165, 1.54) is 0 Å². The molecule has 15 heavy (non-hydrogen) atoms. The topological polar surface area (TPSA) is 29.1 Å². The number of nitrogens with one attached hydrogen (secondary N) is 1. The third-order valence-corrected chi connectivity index (χ3v) is 2.84. The molecule has 1 aromatic rings. The first kappa shape index (κ1) is 12.3. The third-order valence-electron chi connectivity index (χ3n) is 2.29.